The molecule has 0 aliphatic heterocycles. The maximum absolute atomic E-state index is 12.2. The van der Waals surface area contributed by atoms with Crippen molar-refractivity contribution in [3.63, 3.8) is 0 Å². The summed E-state index contributed by atoms with van der Waals surface area (Å²) in [5.41, 5.74) is 6.03. The van der Waals surface area contributed by atoms with Crippen molar-refractivity contribution in [2.45, 2.75) is 32.1 Å². The molecule has 1 aliphatic carbocycles. The Labute approximate surface area is 111 Å². The monoisotopic (exact) mass is 263 g/mol. The van der Waals surface area contributed by atoms with Gasteiger partial charge >= 0.3 is 0 Å². The third-order valence-electron chi connectivity index (χ3n) is 2.94. The fourth-order valence-corrected chi connectivity index (χ4v) is 2.23. The first-order valence-corrected chi connectivity index (χ1v) is 5.83. The molecule has 0 radical (unpaired) electrons. The molecular weight excluding hydrogens is 246 g/mol. The van der Waals surface area contributed by atoms with E-state index in [-0.39, 0.29) is 23.6 Å². The minimum absolute atomic E-state index is 0. The molecule has 0 heterocycles. The number of carbonyl (C=O) groups is 1. The molecule has 2 rings (SSSR count). The number of hydrogen-bond donors (Lipinski definition) is 1. The average Bonchev–Trinajstić information content (AvgIpc) is 2.33. The van der Waals surface area contributed by atoms with Gasteiger partial charge in [0.15, 0.2) is 0 Å². The second-order valence-electron chi connectivity index (χ2n) is 4.65. The van der Waals surface area contributed by atoms with Gasteiger partial charge in [-0.15, -0.1) is 0 Å². The lowest BCUT2D eigenvalue weighted by molar-refractivity contribution is -0.149. The van der Waals surface area contributed by atoms with Crippen LogP contribution in [0.1, 0.15) is 25.0 Å². The van der Waals surface area contributed by atoms with Crippen LogP contribution in [0.3, 0.4) is 0 Å². The summed E-state index contributed by atoms with van der Waals surface area (Å²) in [6, 6.07) is 7.24. The number of Topliss-reactive ketones (excluding diaryl/α,β-unsaturated/α-hetero) is 1. The first-order chi connectivity index (χ1) is 8.49. The Morgan fingerprint density at radius 3 is 2.58 bits per heavy atom. The zero-order chi connectivity index (χ0) is 13.3. The lowest BCUT2D eigenvalue weighted by Gasteiger charge is -2.35. The Balaban J connectivity index is 0.00000180. The number of carbonyl (C=O) groups excluding carboxylic acids is 2. The highest BCUT2D eigenvalue weighted by atomic mass is 16.5. The smallest absolute Gasteiger partial charge is 0.221 e. The van der Waals surface area contributed by atoms with Gasteiger partial charge in [-0.25, -0.2) is 4.79 Å². The Morgan fingerprint density at radius 1 is 1.37 bits per heavy atom. The number of ether oxygens (including phenoxy) is 1. The maximum atomic E-state index is 12.2. The van der Waals surface area contributed by atoms with Gasteiger partial charge in [0.2, 0.25) is 11.5 Å². The Morgan fingerprint density at radius 2 is 2.00 bits per heavy atom. The second-order valence-corrected chi connectivity index (χ2v) is 4.65. The van der Waals surface area contributed by atoms with E-state index in [1.54, 1.807) is 31.9 Å². The fraction of sp³-hybridized carbons (Fsp3) is 0.357. The van der Waals surface area contributed by atoms with Gasteiger partial charge in [0.05, 0.1) is 11.7 Å². The summed E-state index contributed by atoms with van der Waals surface area (Å²) in [5.74, 6) is 1.18. The molecular formula is C14H17NO4. The zero-order valence-electron chi connectivity index (χ0n) is 10.9. The van der Waals surface area contributed by atoms with Crippen LogP contribution in [0, 0.1) is 0 Å². The molecule has 5 heteroatoms. The summed E-state index contributed by atoms with van der Waals surface area (Å²) in [5, 5.41) is 0. The van der Waals surface area contributed by atoms with E-state index in [2.05, 4.69) is 0 Å². The highest BCUT2D eigenvalue weighted by molar-refractivity contribution is 6.09. The van der Waals surface area contributed by atoms with E-state index < -0.39 is 11.5 Å². The van der Waals surface area contributed by atoms with Crippen LogP contribution in [0.2, 0.25) is 0 Å². The summed E-state index contributed by atoms with van der Waals surface area (Å²) in [6.07, 6.45) is 0.0387. The van der Waals surface area contributed by atoms with E-state index in [4.69, 9.17) is 10.5 Å². The minimum atomic E-state index is -1.57. The number of benzene rings is 1. The molecule has 19 heavy (non-hydrogen) atoms. The third-order valence-corrected chi connectivity index (χ3v) is 2.94. The first kappa shape index (κ1) is 15.3. The molecule has 0 saturated carbocycles. The molecule has 1 atom stereocenters. The van der Waals surface area contributed by atoms with E-state index >= 15 is 0 Å². The van der Waals surface area contributed by atoms with Crippen molar-refractivity contribution in [2.75, 3.05) is 0 Å². The molecule has 1 unspecified atom stereocenters. The molecule has 0 spiro atoms. The van der Waals surface area contributed by atoms with Crippen LogP contribution in [-0.2, 0) is 26.5 Å². The van der Waals surface area contributed by atoms with E-state index in [0.717, 1.165) is 5.56 Å². The van der Waals surface area contributed by atoms with Gasteiger partial charge in [-0.3, -0.25) is 10.5 Å². The van der Waals surface area contributed by atoms with E-state index in [0.29, 0.717) is 5.56 Å². The zero-order valence-corrected chi connectivity index (χ0v) is 10.9. The van der Waals surface area contributed by atoms with Crippen molar-refractivity contribution in [3.8, 4) is 0 Å². The summed E-state index contributed by atoms with van der Waals surface area (Å²) >= 11 is 0. The molecule has 5 nitrogen and oxygen atoms in total. The van der Waals surface area contributed by atoms with Gasteiger partial charge in [-0.1, -0.05) is 24.3 Å². The van der Waals surface area contributed by atoms with Crippen LogP contribution in [0.4, 0.5) is 0 Å². The molecule has 102 valence electrons. The summed E-state index contributed by atoms with van der Waals surface area (Å²) < 4.78 is 5.58. The minimum Gasteiger partial charge on any atom is -0.412 e. The number of fused-ring (bicyclic) bond motifs is 1. The Hall–Kier alpha value is -1.78. The van der Waals surface area contributed by atoms with Crippen molar-refractivity contribution in [3.05, 3.63) is 41.0 Å². The topological polar surface area (TPSA) is 101 Å². The van der Waals surface area contributed by atoms with E-state index in [9.17, 15) is 9.59 Å². The van der Waals surface area contributed by atoms with Crippen molar-refractivity contribution < 1.29 is 19.8 Å². The highest BCUT2D eigenvalue weighted by Gasteiger charge is 2.45. The second kappa shape index (κ2) is 5.47. The number of hydrogen-bond acceptors (Lipinski definition) is 4. The SMILES string of the molecule is CC(C)OC1(N)C(=O)C(=C=O)Cc2ccccc21.O. The van der Waals surface area contributed by atoms with Crippen molar-refractivity contribution in [1.82, 2.24) is 0 Å². The molecule has 1 aromatic carbocycles. The number of ketones is 1. The number of rotatable bonds is 2. The normalized spacial score (nSPS) is 21.7. The van der Waals surface area contributed by atoms with Gasteiger partial charge in [0.1, 0.15) is 5.94 Å². The van der Waals surface area contributed by atoms with Crippen LogP contribution >= 0.6 is 0 Å². The lowest BCUT2D eigenvalue weighted by Crippen LogP contribution is -2.52. The van der Waals surface area contributed by atoms with E-state index in [1.807, 2.05) is 12.1 Å². The van der Waals surface area contributed by atoms with Gasteiger partial charge in [0, 0.05) is 12.0 Å². The molecule has 1 aliphatic rings. The average molecular weight is 263 g/mol. The van der Waals surface area contributed by atoms with Gasteiger partial charge in [0.25, 0.3) is 0 Å². The quantitative estimate of drug-likeness (QED) is 0.470. The predicted octanol–water partition coefficient (Wildman–Crippen LogP) is 0.282. The van der Waals surface area contributed by atoms with E-state index in [1.165, 1.54) is 0 Å². The van der Waals surface area contributed by atoms with Crippen molar-refractivity contribution in [2.24, 2.45) is 5.73 Å². The Kier molecular flexibility index (Phi) is 4.39. The highest BCUT2D eigenvalue weighted by Crippen LogP contribution is 2.34. The molecule has 0 saturated heterocycles. The van der Waals surface area contributed by atoms with Gasteiger partial charge in [-0.2, -0.15) is 0 Å². The Bertz CT molecular complexity index is 546. The third kappa shape index (κ3) is 2.50. The summed E-state index contributed by atoms with van der Waals surface area (Å²) in [6.45, 7) is 3.59. The fourth-order valence-electron chi connectivity index (χ4n) is 2.23. The van der Waals surface area contributed by atoms with Crippen molar-refractivity contribution in [1.29, 1.82) is 0 Å². The van der Waals surface area contributed by atoms with Crippen LogP contribution < -0.4 is 5.73 Å². The predicted molar refractivity (Wildman–Crippen MR) is 70.1 cm³/mol. The van der Waals surface area contributed by atoms with Crippen LogP contribution in [0.5, 0.6) is 0 Å². The molecule has 0 aromatic heterocycles. The summed E-state index contributed by atoms with van der Waals surface area (Å²) in [4.78, 5) is 23.1. The van der Waals surface area contributed by atoms with Crippen LogP contribution in [0.15, 0.2) is 29.8 Å². The van der Waals surface area contributed by atoms with Crippen LogP contribution in [0.25, 0.3) is 0 Å². The molecule has 4 N–H and O–H groups in total. The molecule has 0 bridgehead atoms. The lowest BCUT2D eigenvalue weighted by atomic mass is 9.81. The summed E-state index contributed by atoms with van der Waals surface area (Å²) in [7, 11) is 0. The molecule has 0 amide bonds. The van der Waals surface area contributed by atoms with Gasteiger partial charge in [-0.05, 0) is 19.4 Å². The first-order valence-electron chi connectivity index (χ1n) is 5.83. The largest absolute Gasteiger partial charge is 0.412 e. The number of nitrogens with two attached hydrogens (primary N) is 1. The van der Waals surface area contributed by atoms with Crippen LogP contribution in [-0.4, -0.2) is 23.3 Å². The standard InChI is InChI=1S/C14H15NO3.H2O/c1-9(2)18-14(15)12-6-4-3-5-10(12)7-11(8-16)13(14)17;/h3-6,9H,7,15H2,1-2H3;1H2. The van der Waals surface area contributed by atoms with Crippen molar-refractivity contribution >= 4 is 11.7 Å². The maximum Gasteiger partial charge on any atom is 0.221 e. The van der Waals surface area contributed by atoms with Gasteiger partial charge < -0.3 is 10.2 Å². The molecule has 0 fully saturated rings. The molecule has 1 aromatic rings.